The minimum Gasteiger partial charge on any atom is -0.496 e. The topological polar surface area (TPSA) is 134 Å². The Labute approximate surface area is 273 Å². The van der Waals surface area contributed by atoms with Gasteiger partial charge >= 0.3 is 0 Å². The maximum atomic E-state index is 11.3. The summed E-state index contributed by atoms with van der Waals surface area (Å²) >= 11 is 12.2. The van der Waals surface area contributed by atoms with Crippen molar-refractivity contribution in [3.8, 4) is 45.3 Å². The zero-order chi connectivity index (χ0) is 32.5. The van der Waals surface area contributed by atoms with Crippen molar-refractivity contribution in [2.75, 3.05) is 28.4 Å². The molecule has 0 fully saturated rings. The van der Waals surface area contributed by atoms with Crippen LogP contribution in [0.3, 0.4) is 0 Å². The van der Waals surface area contributed by atoms with E-state index in [0.717, 1.165) is 22.3 Å². The number of ether oxygens (including phenoxy) is 4. The molecule has 12 heteroatoms. The van der Waals surface area contributed by atoms with Crippen LogP contribution in [0.1, 0.15) is 11.1 Å². The van der Waals surface area contributed by atoms with Gasteiger partial charge in [-0.3, -0.25) is 0 Å². The molecule has 4 aromatic carbocycles. The number of hydrogen-bond donors (Lipinski definition) is 4. The molecule has 6 rings (SSSR count). The Morgan fingerprint density at radius 2 is 0.913 bits per heavy atom. The third kappa shape index (κ3) is 5.31. The predicted molar refractivity (Wildman–Crippen MR) is 182 cm³/mol. The normalized spacial score (nSPS) is 12.1. The number of nitrogens with zero attached hydrogens (tertiary/aromatic N) is 2. The van der Waals surface area contributed by atoms with Gasteiger partial charge in [-0.15, -0.1) is 10.2 Å². The van der Waals surface area contributed by atoms with Crippen molar-refractivity contribution >= 4 is 56.8 Å². The molecule has 0 unspecified atom stereocenters. The van der Waals surface area contributed by atoms with Crippen LogP contribution in [-0.4, -0.2) is 60.4 Å². The van der Waals surface area contributed by atoms with Gasteiger partial charge in [0.2, 0.25) is 11.8 Å². The highest BCUT2D eigenvalue weighted by Gasteiger charge is 2.25. The van der Waals surface area contributed by atoms with Crippen LogP contribution in [0.25, 0.3) is 44.1 Å². The van der Waals surface area contributed by atoms with Gasteiger partial charge in [-0.25, -0.2) is 0 Å². The highest BCUT2D eigenvalue weighted by molar-refractivity contribution is 6.31. The van der Waals surface area contributed by atoms with E-state index in [0.29, 0.717) is 43.4 Å². The molecule has 6 aromatic rings. The molecule has 0 aliphatic carbocycles. The number of H-pyrrole nitrogens is 2. The third-order valence-electron chi connectivity index (χ3n) is 7.65. The van der Waals surface area contributed by atoms with E-state index in [9.17, 15) is 10.2 Å². The van der Waals surface area contributed by atoms with Gasteiger partial charge in [0.25, 0.3) is 0 Å². The lowest BCUT2D eigenvalue weighted by Crippen LogP contribution is -2.07. The lowest BCUT2D eigenvalue weighted by molar-refractivity contribution is 0.395. The molecule has 0 saturated heterocycles. The Hall–Kier alpha value is -5.32. The van der Waals surface area contributed by atoms with Crippen molar-refractivity contribution < 1.29 is 29.2 Å². The van der Waals surface area contributed by atoms with E-state index in [1.54, 1.807) is 63.0 Å². The lowest BCUT2D eigenvalue weighted by atomic mass is 10.0. The van der Waals surface area contributed by atoms with Gasteiger partial charge in [-0.2, -0.15) is 0 Å². The van der Waals surface area contributed by atoms with Crippen LogP contribution in [0.2, 0.25) is 10.0 Å². The first-order valence-corrected chi connectivity index (χ1v) is 14.6. The van der Waals surface area contributed by atoms with Gasteiger partial charge in [-0.05, 0) is 35.4 Å². The fraction of sp³-hybridized carbons (Fsp3) is 0.118. The standard InChI is InChI=1S/C34H28Cl2N4O6/c1-43-23-13-25(45-3)29(31-27(23)21(15-37-31)17-5-9-19(35)10-6-17)33(41)39-40-34(42)30-26(46-4)14-24(44-2)28-22(16-38-32(28)30)18-7-11-20(36)12-8-18/h5-16,37-38H,1-4H3,(H,39,41)(H,40,42). The van der Waals surface area contributed by atoms with Gasteiger partial charge in [0, 0.05) is 45.7 Å². The number of fused-ring (bicyclic) bond motifs is 2. The molecule has 0 aliphatic heterocycles. The third-order valence-corrected chi connectivity index (χ3v) is 8.15. The molecule has 0 spiro atoms. The van der Waals surface area contributed by atoms with Gasteiger partial charge in [0.15, 0.2) is 0 Å². The molecule has 10 nitrogen and oxygen atoms in total. The van der Waals surface area contributed by atoms with Crippen molar-refractivity contribution in [3.05, 3.63) is 94.2 Å². The van der Waals surface area contributed by atoms with Crippen molar-refractivity contribution in [2.24, 2.45) is 10.2 Å². The van der Waals surface area contributed by atoms with Crippen LogP contribution in [0.15, 0.2) is 83.3 Å². The Bertz CT molecular complexity index is 1980. The summed E-state index contributed by atoms with van der Waals surface area (Å²) < 4.78 is 22.6. The van der Waals surface area contributed by atoms with Crippen molar-refractivity contribution in [1.82, 2.24) is 9.97 Å². The fourth-order valence-corrected chi connectivity index (χ4v) is 5.77. The maximum Gasteiger partial charge on any atom is 0.244 e. The van der Waals surface area contributed by atoms with Crippen molar-refractivity contribution in [1.29, 1.82) is 0 Å². The number of nitrogens with one attached hydrogen (secondary N) is 2. The van der Waals surface area contributed by atoms with Crippen molar-refractivity contribution in [2.45, 2.75) is 0 Å². The number of hydrogen-bond acceptors (Lipinski definition) is 6. The number of aliphatic hydroxyl groups is 2. The lowest BCUT2D eigenvalue weighted by Gasteiger charge is -2.13. The average Bonchev–Trinajstić information content (AvgIpc) is 3.72. The maximum absolute atomic E-state index is 11.3. The number of aromatic nitrogens is 2. The van der Waals surface area contributed by atoms with Crippen LogP contribution in [0.4, 0.5) is 0 Å². The Balaban J connectivity index is 1.49. The highest BCUT2D eigenvalue weighted by Crippen LogP contribution is 2.43. The molecule has 0 bridgehead atoms. The van der Waals surface area contributed by atoms with Crippen LogP contribution >= 0.6 is 23.2 Å². The second kappa shape index (κ2) is 12.6. The van der Waals surface area contributed by atoms with Crippen LogP contribution < -0.4 is 18.9 Å². The Morgan fingerprint density at radius 1 is 0.565 bits per heavy atom. The second-order valence-electron chi connectivity index (χ2n) is 10.1. The SMILES string of the molecule is COc1cc(OC)c2c(-c3ccc(Cl)cc3)c[nH]c2c1C(O)=NN=C(O)c1c(OC)cc(OC)c2c(-c3ccc(Cl)cc3)c[nH]c12. The number of aromatic amines is 2. The summed E-state index contributed by atoms with van der Waals surface area (Å²) in [6, 6.07) is 18.0. The monoisotopic (exact) mass is 658 g/mol. The summed E-state index contributed by atoms with van der Waals surface area (Å²) in [4.78, 5) is 6.41. The van der Waals surface area contributed by atoms with Gasteiger partial charge in [0.05, 0.1) is 50.2 Å². The summed E-state index contributed by atoms with van der Waals surface area (Å²) in [5, 5.41) is 33.2. The van der Waals surface area contributed by atoms with E-state index in [1.807, 2.05) is 24.3 Å². The molecule has 234 valence electrons. The molecule has 4 N–H and O–H groups in total. The largest absolute Gasteiger partial charge is 0.496 e. The molecule has 0 radical (unpaired) electrons. The quantitative estimate of drug-likeness (QED) is 0.0698. The highest BCUT2D eigenvalue weighted by atomic mass is 35.5. The molecule has 46 heavy (non-hydrogen) atoms. The Morgan fingerprint density at radius 3 is 1.24 bits per heavy atom. The molecule has 2 heterocycles. The Kier molecular flexibility index (Phi) is 8.40. The van der Waals surface area contributed by atoms with Gasteiger partial charge in [-0.1, -0.05) is 47.5 Å². The molecular weight excluding hydrogens is 631 g/mol. The first-order valence-electron chi connectivity index (χ1n) is 13.9. The zero-order valence-corrected chi connectivity index (χ0v) is 26.6. The summed E-state index contributed by atoms with van der Waals surface area (Å²) in [6.45, 7) is 0. The smallest absolute Gasteiger partial charge is 0.244 e. The summed E-state index contributed by atoms with van der Waals surface area (Å²) in [5.74, 6) is 0.525. The van der Waals surface area contributed by atoms with Crippen molar-refractivity contribution in [3.63, 3.8) is 0 Å². The summed E-state index contributed by atoms with van der Waals surface area (Å²) in [5.41, 5.74) is 4.75. The number of aliphatic hydroxyl groups excluding tert-OH is 2. The summed E-state index contributed by atoms with van der Waals surface area (Å²) in [6.07, 6.45) is 3.58. The molecule has 0 atom stereocenters. The molecular formula is C34H28Cl2N4O6. The molecule has 0 aliphatic rings. The molecule has 0 saturated carbocycles. The zero-order valence-electron chi connectivity index (χ0n) is 25.1. The number of rotatable bonds is 9. The first-order chi connectivity index (χ1) is 22.3. The predicted octanol–water partition coefficient (Wildman–Crippen LogP) is 8.55. The molecule has 2 aromatic heterocycles. The first kappa shape index (κ1) is 30.7. The van der Waals surface area contributed by atoms with E-state index >= 15 is 0 Å². The minimum atomic E-state index is -0.516. The number of halogens is 2. The van der Waals surface area contributed by atoms with E-state index in [4.69, 9.17) is 42.1 Å². The number of benzene rings is 4. The summed E-state index contributed by atoms with van der Waals surface area (Å²) in [7, 11) is 6.02. The van der Waals surface area contributed by atoms with Crippen LogP contribution in [0.5, 0.6) is 23.0 Å². The van der Waals surface area contributed by atoms with Gasteiger partial charge < -0.3 is 39.1 Å². The van der Waals surface area contributed by atoms with E-state index in [1.165, 1.54) is 14.2 Å². The van der Waals surface area contributed by atoms with E-state index in [2.05, 4.69) is 20.2 Å². The van der Waals surface area contributed by atoms with Gasteiger partial charge in [0.1, 0.15) is 34.1 Å². The fourth-order valence-electron chi connectivity index (χ4n) is 5.52. The molecule has 0 amide bonds. The minimum absolute atomic E-state index is 0.215. The average molecular weight is 660 g/mol. The van der Waals surface area contributed by atoms with E-state index in [-0.39, 0.29) is 22.6 Å². The van der Waals surface area contributed by atoms with Crippen LogP contribution in [0, 0.1) is 0 Å². The van der Waals surface area contributed by atoms with E-state index < -0.39 is 11.8 Å². The number of methoxy groups -OCH3 is 4. The second-order valence-corrected chi connectivity index (χ2v) is 11.0. The van der Waals surface area contributed by atoms with Crippen LogP contribution in [-0.2, 0) is 0 Å².